The Balaban J connectivity index is 2.50. The van der Waals surface area contributed by atoms with Crippen LogP contribution < -0.4 is 0 Å². The molecule has 1 fully saturated rings. The first-order valence-corrected chi connectivity index (χ1v) is 6.42. The Labute approximate surface area is 112 Å². The molecule has 1 aromatic carbocycles. The van der Waals surface area contributed by atoms with Crippen LogP contribution in [0, 0.1) is 5.92 Å². The highest BCUT2D eigenvalue weighted by Crippen LogP contribution is 2.46. The second kappa shape index (κ2) is 4.97. The van der Waals surface area contributed by atoms with Gasteiger partial charge in [0.1, 0.15) is 0 Å². The maximum atomic E-state index is 12.8. The third-order valence-electron chi connectivity index (χ3n) is 3.67. The van der Waals surface area contributed by atoms with Crippen molar-refractivity contribution in [1.82, 2.24) is 0 Å². The van der Waals surface area contributed by atoms with Gasteiger partial charge in [-0.1, -0.05) is 6.92 Å². The Kier molecular flexibility index (Phi) is 3.77. The number of alkyl halides is 6. The molecule has 1 aromatic rings. The summed E-state index contributed by atoms with van der Waals surface area (Å²) in [6.45, 7) is 1.79. The van der Waals surface area contributed by atoms with Gasteiger partial charge in [0, 0.05) is 0 Å². The van der Waals surface area contributed by atoms with Crippen molar-refractivity contribution in [2.24, 2.45) is 5.92 Å². The van der Waals surface area contributed by atoms with E-state index in [1.54, 1.807) is 6.92 Å². The van der Waals surface area contributed by atoms with Gasteiger partial charge in [-0.05, 0) is 54.9 Å². The van der Waals surface area contributed by atoms with E-state index in [0.29, 0.717) is 6.42 Å². The highest BCUT2D eigenvalue weighted by molar-refractivity contribution is 5.36. The van der Waals surface area contributed by atoms with Crippen LogP contribution in [0.15, 0.2) is 18.2 Å². The van der Waals surface area contributed by atoms with Crippen molar-refractivity contribution in [2.75, 3.05) is 0 Å². The molecule has 1 unspecified atom stereocenters. The minimum Gasteiger partial charge on any atom is -0.166 e. The van der Waals surface area contributed by atoms with Crippen LogP contribution >= 0.6 is 0 Å². The lowest BCUT2D eigenvalue weighted by atomic mass is 9.89. The third-order valence-corrected chi connectivity index (χ3v) is 3.67. The number of hydrogen-bond acceptors (Lipinski definition) is 0. The SMILES string of the molecule is CCC(c1cc(C(F)(F)F)cc(C(F)(F)F)c1)C1CC1. The van der Waals surface area contributed by atoms with E-state index in [1.807, 2.05) is 0 Å². The lowest BCUT2D eigenvalue weighted by Crippen LogP contribution is -2.13. The van der Waals surface area contributed by atoms with Gasteiger partial charge >= 0.3 is 12.4 Å². The average molecular weight is 296 g/mol. The Morgan fingerprint density at radius 3 is 1.70 bits per heavy atom. The molecule has 0 nitrogen and oxygen atoms in total. The summed E-state index contributed by atoms with van der Waals surface area (Å²) in [6.07, 6.45) is -7.24. The summed E-state index contributed by atoms with van der Waals surface area (Å²) in [4.78, 5) is 0. The van der Waals surface area contributed by atoms with E-state index < -0.39 is 23.5 Å². The van der Waals surface area contributed by atoms with Crippen molar-refractivity contribution in [3.05, 3.63) is 34.9 Å². The van der Waals surface area contributed by atoms with Crippen LogP contribution in [0.1, 0.15) is 48.8 Å². The predicted molar refractivity (Wildman–Crippen MR) is 62.2 cm³/mol. The van der Waals surface area contributed by atoms with Gasteiger partial charge in [0.25, 0.3) is 0 Å². The maximum Gasteiger partial charge on any atom is 0.416 e. The molecule has 1 aliphatic carbocycles. The van der Waals surface area contributed by atoms with Gasteiger partial charge in [0.2, 0.25) is 0 Å². The van der Waals surface area contributed by atoms with Crippen LogP contribution in [0.3, 0.4) is 0 Å². The highest BCUT2D eigenvalue weighted by atomic mass is 19.4. The van der Waals surface area contributed by atoms with Crippen molar-refractivity contribution >= 4 is 0 Å². The molecule has 20 heavy (non-hydrogen) atoms. The summed E-state index contributed by atoms with van der Waals surface area (Å²) >= 11 is 0. The molecular formula is C14H14F6. The first-order chi connectivity index (χ1) is 9.13. The first kappa shape index (κ1) is 15.2. The van der Waals surface area contributed by atoms with Crippen molar-refractivity contribution in [1.29, 1.82) is 0 Å². The van der Waals surface area contributed by atoms with Crippen LogP contribution in [-0.2, 0) is 12.4 Å². The molecule has 0 heterocycles. The van der Waals surface area contributed by atoms with E-state index in [1.165, 1.54) is 0 Å². The van der Waals surface area contributed by atoms with Gasteiger partial charge in [0.15, 0.2) is 0 Å². The molecule has 6 heteroatoms. The van der Waals surface area contributed by atoms with Gasteiger partial charge in [0.05, 0.1) is 11.1 Å². The van der Waals surface area contributed by atoms with Gasteiger partial charge in [-0.2, -0.15) is 26.3 Å². The fraction of sp³-hybridized carbons (Fsp3) is 0.571. The van der Waals surface area contributed by atoms with E-state index in [2.05, 4.69) is 0 Å². The minimum atomic E-state index is -4.77. The minimum absolute atomic E-state index is 0.150. The normalized spacial score (nSPS) is 18.1. The lowest BCUT2D eigenvalue weighted by Gasteiger charge is -2.19. The second-order valence-corrected chi connectivity index (χ2v) is 5.19. The topological polar surface area (TPSA) is 0 Å². The standard InChI is InChI=1S/C14H14F6/c1-2-12(8-3-4-8)9-5-10(13(15,16)17)7-11(6-9)14(18,19)20/h5-8,12H,2-4H2,1H3. The van der Waals surface area contributed by atoms with Gasteiger partial charge in [-0.3, -0.25) is 0 Å². The first-order valence-electron chi connectivity index (χ1n) is 6.42. The van der Waals surface area contributed by atoms with Crippen molar-refractivity contribution < 1.29 is 26.3 Å². The Morgan fingerprint density at radius 1 is 0.950 bits per heavy atom. The van der Waals surface area contributed by atoms with E-state index in [4.69, 9.17) is 0 Å². The molecule has 2 rings (SSSR count). The number of rotatable bonds is 3. The van der Waals surface area contributed by atoms with Crippen molar-refractivity contribution in [2.45, 2.75) is 44.5 Å². The quantitative estimate of drug-likeness (QED) is 0.634. The molecule has 1 saturated carbocycles. The Hall–Kier alpha value is -1.20. The molecule has 0 saturated heterocycles. The van der Waals surface area contributed by atoms with Crippen LogP contribution in [-0.4, -0.2) is 0 Å². The number of halogens is 6. The van der Waals surface area contributed by atoms with E-state index in [9.17, 15) is 26.3 Å². The summed E-state index contributed by atoms with van der Waals surface area (Å²) in [5, 5.41) is 0. The number of hydrogen-bond donors (Lipinski definition) is 0. The van der Waals surface area contributed by atoms with Crippen LogP contribution in [0.25, 0.3) is 0 Å². The van der Waals surface area contributed by atoms with Crippen LogP contribution in [0.4, 0.5) is 26.3 Å². The zero-order valence-corrected chi connectivity index (χ0v) is 10.8. The summed E-state index contributed by atoms with van der Waals surface area (Å²) in [5.41, 5.74) is -2.29. The Bertz CT molecular complexity index is 449. The van der Waals surface area contributed by atoms with Gasteiger partial charge in [-0.15, -0.1) is 0 Å². The molecule has 0 bridgehead atoms. The molecule has 0 N–H and O–H groups in total. The summed E-state index contributed by atoms with van der Waals surface area (Å²) in [6, 6.07) is 1.91. The molecule has 1 atom stereocenters. The molecule has 1 aliphatic rings. The average Bonchev–Trinajstić information content (AvgIpc) is 3.12. The lowest BCUT2D eigenvalue weighted by molar-refractivity contribution is -0.143. The fourth-order valence-electron chi connectivity index (χ4n) is 2.53. The molecule has 0 spiro atoms. The monoisotopic (exact) mass is 296 g/mol. The maximum absolute atomic E-state index is 12.8. The predicted octanol–water partition coefficient (Wildman–Crippen LogP) is 5.63. The molecule has 0 aliphatic heterocycles. The van der Waals surface area contributed by atoms with Crippen molar-refractivity contribution in [3.63, 3.8) is 0 Å². The summed E-state index contributed by atoms with van der Waals surface area (Å²) < 4.78 is 76.5. The molecule has 112 valence electrons. The van der Waals surface area contributed by atoms with E-state index >= 15 is 0 Å². The van der Waals surface area contributed by atoms with E-state index in [0.717, 1.165) is 25.0 Å². The van der Waals surface area contributed by atoms with Crippen LogP contribution in [0.5, 0.6) is 0 Å². The second-order valence-electron chi connectivity index (χ2n) is 5.19. The summed E-state index contributed by atoms with van der Waals surface area (Å²) in [5.74, 6) is -0.0111. The molecule has 0 radical (unpaired) electrons. The molecular weight excluding hydrogens is 282 g/mol. The largest absolute Gasteiger partial charge is 0.416 e. The van der Waals surface area contributed by atoms with Gasteiger partial charge < -0.3 is 0 Å². The molecule has 0 amide bonds. The smallest absolute Gasteiger partial charge is 0.166 e. The Morgan fingerprint density at radius 2 is 1.40 bits per heavy atom. The fourth-order valence-corrected chi connectivity index (χ4v) is 2.53. The summed E-state index contributed by atoms with van der Waals surface area (Å²) in [7, 11) is 0. The zero-order valence-electron chi connectivity index (χ0n) is 10.8. The third kappa shape index (κ3) is 3.27. The molecule has 0 aromatic heterocycles. The van der Waals surface area contributed by atoms with Crippen LogP contribution in [0.2, 0.25) is 0 Å². The van der Waals surface area contributed by atoms with Crippen molar-refractivity contribution in [3.8, 4) is 0 Å². The highest BCUT2D eigenvalue weighted by Gasteiger charge is 2.39. The zero-order chi connectivity index (χ0) is 15.1. The van der Waals surface area contributed by atoms with E-state index in [-0.39, 0.29) is 23.5 Å². The van der Waals surface area contributed by atoms with Gasteiger partial charge in [-0.25, -0.2) is 0 Å². The number of benzene rings is 1.